The third kappa shape index (κ3) is 5.08. The van der Waals surface area contributed by atoms with Crippen molar-refractivity contribution >= 4 is 0 Å². The minimum absolute atomic E-state index is 1.09. The van der Waals surface area contributed by atoms with E-state index >= 15 is 0 Å². The molecule has 0 bridgehead atoms. The van der Waals surface area contributed by atoms with E-state index in [1.807, 2.05) is 0 Å². The lowest BCUT2D eigenvalue weighted by molar-refractivity contribution is 0.526. The summed E-state index contributed by atoms with van der Waals surface area (Å²) < 4.78 is 0. The molecule has 0 saturated carbocycles. The lowest BCUT2D eigenvalue weighted by atomic mass is 10.0. The molecular formula is C16H27N. The van der Waals surface area contributed by atoms with Crippen LogP contribution in [0.5, 0.6) is 0 Å². The van der Waals surface area contributed by atoms with Crippen molar-refractivity contribution in [2.45, 2.75) is 41.0 Å². The monoisotopic (exact) mass is 233 g/mol. The molecule has 0 spiro atoms. The fourth-order valence-electron chi connectivity index (χ4n) is 1.53. The van der Waals surface area contributed by atoms with E-state index in [1.54, 1.807) is 0 Å². The Labute approximate surface area is 107 Å². The van der Waals surface area contributed by atoms with Crippen molar-refractivity contribution in [2.75, 3.05) is 14.1 Å². The van der Waals surface area contributed by atoms with Crippen molar-refractivity contribution in [1.82, 2.24) is 4.90 Å². The van der Waals surface area contributed by atoms with E-state index in [2.05, 4.69) is 77.9 Å². The molecule has 17 heavy (non-hydrogen) atoms. The minimum atomic E-state index is 1.09. The molecule has 0 aromatic rings. The molecule has 0 amide bonds. The van der Waals surface area contributed by atoms with Crippen LogP contribution >= 0.6 is 0 Å². The predicted octanol–water partition coefficient (Wildman–Crippen LogP) is 4.70. The molecule has 0 N–H and O–H groups in total. The van der Waals surface area contributed by atoms with E-state index in [4.69, 9.17) is 0 Å². The second-order valence-electron chi connectivity index (χ2n) is 4.51. The van der Waals surface area contributed by atoms with Crippen molar-refractivity contribution in [3.63, 3.8) is 0 Å². The highest BCUT2D eigenvalue weighted by Gasteiger charge is 2.06. The van der Waals surface area contributed by atoms with Gasteiger partial charge in [-0.05, 0) is 45.8 Å². The lowest BCUT2D eigenvalue weighted by Crippen LogP contribution is -2.12. The van der Waals surface area contributed by atoms with Crippen LogP contribution in [0, 0.1) is 0 Å². The first kappa shape index (κ1) is 15.8. The number of hydrogen-bond donors (Lipinski definition) is 0. The van der Waals surface area contributed by atoms with Gasteiger partial charge in [-0.25, -0.2) is 0 Å². The second-order valence-corrected chi connectivity index (χ2v) is 4.51. The van der Waals surface area contributed by atoms with Crippen LogP contribution < -0.4 is 0 Å². The van der Waals surface area contributed by atoms with Crippen LogP contribution in [0.2, 0.25) is 0 Å². The van der Waals surface area contributed by atoms with Crippen molar-refractivity contribution in [2.24, 2.45) is 0 Å². The summed E-state index contributed by atoms with van der Waals surface area (Å²) in [5.74, 6) is 0. The zero-order chi connectivity index (χ0) is 13.4. The molecule has 0 aliphatic carbocycles. The van der Waals surface area contributed by atoms with Gasteiger partial charge in [-0.15, -0.1) is 0 Å². The van der Waals surface area contributed by atoms with Crippen LogP contribution in [0.4, 0.5) is 0 Å². The fourth-order valence-corrected chi connectivity index (χ4v) is 1.53. The first-order valence-electron chi connectivity index (χ1n) is 6.32. The Morgan fingerprint density at radius 1 is 1.12 bits per heavy atom. The molecule has 0 aliphatic rings. The average Bonchev–Trinajstić information content (AvgIpc) is 2.31. The Hall–Kier alpha value is -1.24. The van der Waals surface area contributed by atoms with E-state index in [0.717, 1.165) is 6.42 Å². The van der Waals surface area contributed by atoms with Gasteiger partial charge < -0.3 is 4.90 Å². The molecule has 0 unspecified atom stereocenters. The normalized spacial score (nSPS) is 15.2. The standard InChI is InChI=1S/C16H27N/c1-8-11-16(17(6)7)15(14(5)10-3)12-13(4)9-2/h8,10-12H,9H2,1-7H3/b11-8-,13-12+,14-10-,16-15+. The van der Waals surface area contributed by atoms with Crippen LogP contribution in [0.1, 0.15) is 41.0 Å². The summed E-state index contributed by atoms with van der Waals surface area (Å²) in [6.45, 7) is 10.7. The maximum atomic E-state index is 2.30. The SMILES string of the molecule is C\C=C/C(=C(/C=C(\C)CC)C(\C)=C/C)N(C)C. The van der Waals surface area contributed by atoms with Crippen LogP contribution in [-0.2, 0) is 0 Å². The van der Waals surface area contributed by atoms with Gasteiger partial charge in [-0.3, -0.25) is 0 Å². The fraction of sp³-hybridized carbons (Fsp3) is 0.500. The second kappa shape index (κ2) is 7.94. The van der Waals surface area contributed by atoms with Crippen molar-refractivity contribution in [1.29, 1.82) is 0 Å². The molecule has 96 valence electrons. The molecule has 1 nitrogen and oxygen atoms in total. The van der Waals surface area contributed by atoms with Gasteiger partial charge >= 0.3 is 0 Å². The number of nitrogens with zero attached hydrogens (tertiary/aromatic N) is 1. The molecule has 0 aromatic heterocycles. The zero-order valence-corrected chi connectivity index (χ0v) is 12.5. The first-order valence-corrected chi connectivity index (χ1v) is 6.32. The molecular weight excluding hydrogens is 206 g/mol. The van der Waals surface area contributed by atoms with Crippen LogP contribution in [0.15, 0.2) is 46.7 Å². The maximum absolute atomic E-state index is 2.30. The molecule has 0 aromatic carbocycles. The third-order valence-electron chi connectivity index (χ3n) is 2.89. The zero-order valence-electron chi connectivity index (χ0n) is 12.5. The van der Waals surface area contributed by atoms with Crippen molar-refractivity contribution in [3.05, 3.63) is 46.7 Å². The Bertz CT molecular complexity index is 352. The summed E-state index contributed by atoms with van der Waals surface area (Å²) in [4.78, 5) is 2.17. The maximum Gasteiger partial charge on any atom is 0.0433 e. The van der Waals surface area contributed by atoms with E-state index in [9.17, 15) is 0 Å². The number of likely N-dealkylation sites (N-methyl/N-ethyl adjacent to an activating group) is 1. The van der Waals surface area contributed by atoms with Crippen molar-refractivity contribution < 1.29 is 0 Å². The van der Waals surface area contributed by atoms with Gasteiger partial charge in [0.1, 0.15) is 0 Å². The number of rotatable bonds is 5. The van der Waals surface area contributed by atoms with Gasteiger partial charge in [0.25, 0.3) is 0 Å². The summed E-state index contributed by atoms with van der Waals surface area (Å²) in [6.07, 6.45) is 9.82. The Balaban J connectivity index is 5.78. The van der Waals surface area contributed by atoms with E-state index in [0.29, 0.717) is 0 Å². The molecule has 1 heteroatoms. The Morgan fingerprint density at radius 2 is 1.71 bits per heavy atom. The molecule has 0 aliphatic heterocycles. The summed E-state index contributed by atoms with van der Waals surface area (Å²) in [5, 5.41) is 0. The minimum Gasteiger partial charge on any atom is -0.377 e. The first-order chi connectivity index (χ1) is 7.97. The predicted molar refractivity (Wildman–Crippen MR) is 79.0 cm³/mol. The molecule has 0 rings (SSSR count). The summed E-state index contributed by atoms with van der Waals surface area (Å²) in [7, 11) is 4.18. The highest BCUT2D eigenvalue weighted by atomic mass is 15.1. The third-order valence-corrected chi connectivity index (χ3v) is 2.89. The number of hydrogen-bond acceptors (Lipinski definition) is 1. The van der Waals surface area contributed by atoms with Crippen LogP contribution in [0.25, 0.3) is 0 Å². The lowest BCUT2D eigenvalue weighted by Gasteiger charge is -2.19. The largest absolute Gasteiger partial charge is 0.377 e. The quantitative estimate of drug-likeness (QED) is 0.622. The van der Waals surface area contributed by atoms with E-state index in [1.165, 1.54) is 22.4 Å². The smallest absolute Gasteiger partial charge is 0.0433 e. The highest BCUT2D eigenvalue weighted by Crippen LogP contribution is 2.21. The highest BCUT2D eigenvalue weighted by molar-refractivity contribution is 5.46. The van der Waals surface area contributed by atoms with Crippen LogP contribution in [0.3, 0.4) is 0 Å². The summed E-state index contributed by atoms with van der Waals surface area (Å²) >= 11 is 0. The van der Waals surface area contributed by atoms with E-state index < -0.39 is 0 Å². The topological polar surface area (TPSA) is 3.24 Å². The van der Waals surface area contributed by atoms with Gasteiger partial charge in [-0.2, -0.15) is 0 Å². The molecule has 0 saturated heterocycles. The van der Waals surface area contributed by atoms with Gasteiger partial charge in [0.15, 0.2) is 0 Å². The molecule has 0 atom stereocenters. The van der Waals surface area contributed by atoms with Crippen LogP contribution in [-0.4, -0.2) is 19.0 Å². The summed E-state index contributed by atoms with van der Waals surface area (Å²) in [6, 6.07) is 0. The van der Waals surface area contributed by atoms with Gasteiger partial charge in [-0.1, -0.05) is 30.7 Å². The van der Waals surface area contributed by atoms with E-state index in [-0.39, 0.29) is 0 Å². The van der Waals surface area contributed by atoms with Gasteiger partial charge in [0, 0.05) is 25.4 Å². The molecule has 0 heterocycles. The van der Waals surface area contributed by atoms with Crippen molar-refractivity contribution in [3.8, 4) is 0 Å². The molecule has 0 radical (unpaired) electrons. The molecule has 0 fully saturated rings. The summed E-state index contributed by atoms with van der Waals surface area (Å²) in [5.41, 5.74) is 5.30. The average molecular weight is 233 g/mol. The number of allylic oxidation sites excluding steroid dienone is 7. The van der Waals surface area contributed by atoms with Gasteiger partial charge in [0.05, 0.1) is 0 Å². The Kier molecular flexibility index (Phi) is 7.36. The van der Waals surface area contributed by atoms with Gasteiger partial charge in [0.2, 0.25) is 0 Å². The Morgan fingerprint density at radius 3 is 2.06 bits per heavy atom.